The molecule has 0 atom stereocenters. The van der Waals surface area contributed by atoms with Crippen molar-refractivity contribution in [3.63, 3.8) is 0 Å². The van der Waals surface area contributed by atoms with Gasteiger partial charge in [0.1, 0.15) is 11.0 Å². The molecule has 2 aromatic rings. The van der Waals surface area contributed by atoms with Crippen LogP contribution in [0, 0.1) is 0 Å². The molecule has 0 aliphatic carbocycles. The van der Waals surface area contributed by atoms with Crippen LogP contribution in [0.3, 0.4) is 0 Å². The Balaban J connectivity index is 2.20. The molecular formula is C9H10ClN5O. The van der Waals surface area contributed by atoms with E-state index in [1.807, 2.05) is 4.40 Å². The molecule has 0 radical (unpaired) electrons. The molecule has 3 heterocycles. The van der Waals surface area contributed by atoms with E-state index in [0.29, 0.717) is 22.6 Å². The van der Waals surface area contributed by atoms with Gasteiger partial charge in [-0.15, -0.1) is 10.2 Å². The fourth-order valence-electron chi connectivity index (χ4n) is 1.75. The Kier molecular flexibility index (Phi) is 2.19. The van der Waals surface area contributed by atoms with E-state index in [1.165, 1.54) is 7.11 Å². The smallest absolute Gasteiger partial charge is 0.261 e. The third-order valence-electron chi connectivity index (χ3n) is 2.70. The maximum Gasteiger partial charge on any atom is 0.261 e. The van der Waals surface area contributed by atoms with Crippen LogP contribution < -0.4 is 10.1 Å². The normalized spacial score (nSPS) is 16.4. The SMILES string of the molecule is COc1nc(Cl)cn2c(C3CNC3)nnc12. The van der Waals surface area contributed by atoms with Crippen molar-refractivity contribution in [1.82, 2.24) is 24.9 Å². The van der Waals surface area contributed by atoms with Crippen molar-refractivity contribution >= 4 is 17.2 Å². The van der Waals surface area contributed by atoms with Gasteiger partial charge in [0.15, 0.2) is 0 Å². The van der Waals surface area contributed by atoms with E-state index in [9.17, 15) is 0 Å². The zero-order chi connectivity index (χ0) is 11.1. The van der Waals surface area contributed by atoms with Crippen molar-refractivity contribution < 1.29 is 4.74 Å². The van der Waals surface area contributed by atoms with Crippen LogP contribution >= 0.6 is 11.6 Å². The van der Waals surface area contributed by atoms with Gasteiger partial charge in [-0.25, -0.2) is 0 Å². The predicted octanol–water partition coefficient (Wildman–Crippen LogP) is 0.473. The van der Waals surface area contributed by atoms with Crippen LogP contribution in [0.4, 0.5) is 0 Å². The number of aromatic nitrogens is 4. The fourth-order valence-corrected chi connectivity index (χ4v) is 1.92. The summed E-state index contributed by atoms with van der Waals surface area (Å²) in [6, 6.07) is 0. The van der Waals surface area contributed by atoms with E-state index in [-0.39, 0.29) is 0 Å². The molecule has 16 heavy (non-hydrogen) atoms. The lowest BCUT2D eigenvalue weighted by Crippen LogP contribution is -2.40. The van der Waals surface area contributed by atoms with Crippen molar-refractivity contribution in [2.24, 2.45) is 0 Å². The standard InChI is InChI=1S/C9H10ClN5O/c1-16-9-8-14-13-7(5-2-11-3-5)15(8)4-6(10)12-9/h4-5,11H,2-3H2,1H3. The molecule has 0 unspecified atom stereocenters. The van der Waals surface area contributed by atoms with Crippen molar-refractivity contribution in [2.45, 2.75) is 5.92 Å². The van der Waals surface area contributed by atoms with Crippen LogP contribution in [0.25, 0.3) is 5.65 Å². The molecule has 2 aromatic heterocycles. The lowest BCUT2D eigenvalue weighted by molar-refractivity contribution is 0.399. The molecule has 1 N–H and O–H groups in total. The average Bonchev–Trinajstić information content (AvgIpc) is 2.58. The topological polar surface area (TPSA) is 64.3 Å². The first-order valence-corrected chi connectivity index (χ1v) is 5.33. The minimum atomic E-state index is 0.373. The Morgan fingerprint density at radius 1 is 1.50 bits per heavy atom. The zero-order valence-electron chi connectivity index (χ0n) is 8.64. The number of ether oxygens (including phenoxy) is 1. The molecular weight excluding hydrogens is 230 g/mol. The van der Waals surface area contributed by atoms with E-state index < -0.39 is 0 Å². The van der Waals surface area contributed by atoms with Gasteiger partial charge in [0.25, 0.3) is 5.88 Å². The highest BCUT2D eigenvalue weighted by Gasteiger charge is 2.25. The monoisotopic (exact) mass is 239 g/mol. The number of rotatable bonds is 2. The van der Waals surface area contributed by atoms with Gasteiger partial charge in [0.2, 0.25) is 5.65 Å². The quantitative estimate of drug-likeness (QED) is 0.826. The molecule has 1 saturated heterocycles. The molecule has 3 rings (SSSR count). The third kappa shape index (κ3) is 1.34. The number of hydrogen-bond acceptors (Lipinski definition) is 5. The van der Waals surface area contributed by atoms with Crippen molar-refractivity contribution in [2.75, 3.05) is 20.2 Å². The Morgan fingerprint density at radius 3 is 2.94 bits per heavy atom. The minimum Gasteiger partial charge on any atom is -0.478 e. The van der Waals surface area contributed by atoms with Crippen molar-refractivity contribution in [3.8, 4) is 5.88 Å². The number of hydrogen-bond donors (Lipinski definition) is 1. The summed E-state index contributed by atoms with van der Waals surface area (Å²) in [5, 5.41) is 11.8. The summed E-state index contributed by atoms with van der Waals surface area (Å²) in [4.78, 5) is 4.04. The largest absolute Gasteiger partial charge is 0.478 e. The van der Waals surface area contributed by atoms with E-state index in [0.717, 1.165) is 18.9 Å². The maximum atomic E-state index is 5.91. The first kappa shape index (κ1) is 9.80. The summed E-state index contributed by atoms with van der Waals surface area (Å²) >= 11 is 5.91. The van der Waals surface area contributed by atoms with Gasteiger partial charge in [-0.05, 0) is 0 Å². The minimum absolute atomic E-state index is 0.373. The van der Waals surface area contributed by atoms with Crippen molar-refractivity contribution in [3.05, 3.63) is 17.2 Å². The summed E-state index contributed by atoms with van der Waals surface area (Å²) in [7, 11) is 1.54. The molecule has 0 spiro atoms. The number of halogens is 1. The maximum absolute atomic E-state index is 5.91. The van der Waals surface area contributed by atoms with Gasteiger partial charge in [-0.2, -0.15) is 4.98 Å². The summed E-state index contributed by atoms with van der Waals surface area (Å²) in [5.41, 5.74) is 0.605. The third-order valence-corrected chi connectivity index (χ3v) is 2.88. The second kappa shape index (κ2) is 3.57. The first-order valence-electron chi connectivity index (χ1n) is 4.95. The molecule has 1 aliphatic heterocycles. The van der Waals surface area contributed by atoms with E-state index in [4.69, 9.17) is 16.3 Å². The Morgan fingerprint density at radius 2 is 2.31 bits per heavy atom. The lowest BCUT2D eigenvalue weighted by atomic mass is 10.0. The Hall–Kier alpha value is -1.40. The molecule has 1 aliphatic rings. The highest BCUT2D eigenvalue weighted by molar-refractivity contribution is 6.29. The van der Waals surface area contributed by atoms with E-state index in [2.05, 4.69) is 20.5 Å². The fraction of sp³-hybridized carbons (Fsp3) is 0.444. The van der Waals surface area contributed by atoms with Crippen LogP contribution in [0.2, 0.25) is 5.15 Å². The Labute approximate surface area is 96.6 Å². The molecule has 84 valence electrons. The number of nitrogens with one attached hydrogen (secondary N) is 1. The molecule has 0 bridgehead atoms. The van der Waals surface area contributed by atoms with Gasteiger partial charge in [-0.3, -0.25) is 4.40 Å². The van der Waals surface area contributed by atoms with Crippen LogP contribution in [0.5, 0.6) is 5.88 Å². The van der Waals surface area contributed by atoms with Crippen LogP contribution in [-0.2, 0) is 0 Å². The highest BCUT2D eigenvalue weighted by atomic mass is 35.5. The first-order chi connectivity index (χ1) is 7.79. The van der Waals surface area contributed by atoms with E-state index >= 15 is 0 Å². The average molecular weight is 240 g/mol. The second-order valence-electron chi connectivity index (χ2n) is 3.68. The molecule has 1 fully saturated rings. The second-order valence-corrected chi connectivity index (χ2v) is 4.07. The van der Waals surface area contributed by atoms with Gasteiger partial charge in [-0.1, -0.05) is 11.6 Å². The summed E-state index contributed by atoms with van der Waals surface area (Å²) < 4.78 is 6.97. The van der Waals surface area contributed by atoms with E-state index in [1.54, 1.807) is 6.20 Å². The number of nitrogens with zero attached hydrogens (tertiary/aromatic N) is 4. The van der Waals surface area contributed by atoms with Gasteiger partial charge >= 0.3 is 0 Å². The molecule has 6 nitrogen and oxygen atoms in total. The Bertz CT molecular complexity index is 536. The molecule has 7 heteroatoms. The van der Waals surface area contributed by atoms with Gasteiger partial charge in [0.05, 0.1) is 7.11 Å². The molecule has 0 saturated carbocycles. The van der Waals surface area contributed by atoms with Gasteiger partial charge < -0.3 is 10.1 Å². The molecule has 0 aromatic carbocycles. The zero-order valence-corrected chi connectivity index (χ0v) is 9.40. The number of fused-ring (bicyclic) bond motifs is 1. The summed E-state index contributed by atoms with van der Waals surface area (Å²) in [5.74, 6) is 1.69. The highest BCUT2D eigenvalue weighted by Crippen LogP contribution is 2.24. The predicted molar refractivity (Wildman–Crippen MR) is 58.0 cm³/mol. The van der Waals surface area contributed by atoms with Gasteiger partial charge in [0, 0.05) is 25.2 Å². The summed E-state index contributed by atoms with van der Waals surface area (Å²) in [6.07, 6.45) is 1.72. The molecule has 0 amide bonds. The van der Waals surface area contributed by atoms with Crippen molar-refractivity contribution in [1.29, 1.82) is 0 Å². The number of methoxy groups -OCH3 is 1. The summed E-state index contributed by atoms with van der Waals surface area (Å²) in [6.45, 7) is 1.84. The van der Waals surface area contributed by atoms with Crippen LogP contribution in [0.1, 0.15) is 11.7 Å². The lowest BCUT2D eigenvalue weighted by Gasteiger charge is -2.25. The van der Waals surface area contributed by atoms with Crippen LogP contribution in [0.15, 0.2) is 6.20 Å². The van der Waals surface area contributed by atoms with Crippen LogP contribution in [-0.4, -0.2) is 39.8 Å².